The van der Waals surface area contributed by atoms with E-state index in [0.29, 0.717) is 11.2 Å². The zero-order chi connectivity index (χ0) is 26.2. The van der Waals surface area contributed by atoms with Crippen LogP contribution in [0.1, 0.15) is 49.2 Å². The van der Waals surface area contributed by atoms with Gasteiger partial charge in [0.1, 0.15) is 11.8 Å². The zero-order valence-corrected chi connectivity index (χ0v) is 22.4. The van der Waals surface area contributed by atoms with Gasteiger partial charge in [-0.25, -0.2) is 0 Å². The van der Waals surface area contributed by atoms with Crippen molar-refractivity contribution in [3.63, 3.8) is 0 Å². The van der Waals surface area contributed by atoms with Crippen LogP contribution in [-0.4, -0.2) is 20.8 Å². The maximum Gasteiger partial charge on any atom is 0.174 e. The van der Waals surface area contributed by atoms with Crippen molar-refractivity contribution in [1.29, 1.82) is 0 Å². The molecular weight excluding hydrogens is 500 g/mol. The number of rotatable bonds is 6. The highest BCUT2D eigenvalue weighted by atomic mass is 32.1. The minimum absolute atomic E-state index is 0.101. The van der Waals surface area contributed by atoms with Crippen molar-refractivity contribution >= 4 is 33.8 Å². The number of ether oxygens (including phenoxy) is 1. The molecule has 0 unspecified atom stereocenters. The van der Waals surface area contributed by atoms with Gasteiger partial charge in [-0.1, -0.05) is 36.4 Å². The Labute approximate surface area is 234 Å². The van der Waals surface area contributed by atoms with E-state index in [9.17, 15) is 0 Å². The lowest BCUT2D eigenvalue weighted by Crippen LogP contribution is -2.30. The van der Waals surface area contributed by atoms with Gasteiger partial charge in [-0.3, -0.25) is 4.98 Å². The number of fused-ring (bicyclic) bond motifs is 1. The molecule has 0 radical (unpaired) electrons. The van der Waals surface area contributed by atoms with Crippen LogP contribution >= 0.6 is 12.2 Å². The number of benzene rings is 3. The molecule has 6 heteroatoms. The van der Waals surface area contributed by atoms with E-state index < -0.39 is 0 Å². The Balaban J connectivity index is 1.29. The molecular formula is C33H30N4OS. The van der Waals surface area contributed by atoms with Crippen LogP contribution in [0.5, 0.6) is 5.75 Å². The lowest BCUT2D eigenvalue weighted by atomic mass is 10.0. The van der Waals surface area contributed by atoms with E-state index >= 15 is 0 Å². The molecule has 3 heterocycles. The van der Waals surface area contributed by atoms with E-state index in [1.54, 1.807) is 0 Å². The molecule has 0 amide bonds. The van der Waals surface area contributed by atoms with Crippen LogP contribution in [0, 0.1) is 0 Å². The summed E-state index contributed by atoms with van der Waals surface area (Å²) in [5.74, 6) is 0.918. The maximum absolute atomic E-state index is 6.24. The van der Waals surface area contributed by atoms with Gasteiger partial charge in [-0.05, 0) is 109 Å². The normalized spacial score (nSPS) is 19.5. The Morgan fingerprint density at radius 2 is 1.56 bits per heavy atom. The fourth-order valence-electron chi connectivity index (χ4n) is 6.01. The van der Waals surface area contributed by atoms with E-state index in [1.807, 2.05) is 18.3 Å². The first kappa shape index (κ1) is 23.9. The van der Waals surface area contributed by atoms with Crippen LogP contribution in [0.15, 0.2) is 109 Å². The average molecular weight is 531 g/mol. The van der Waals surface area contributed by atoms with Gasteiger partial charge in [0.15, 0.2) is 5.11 Å². The second kappa shape index (κ2) is 10.2. The van der Waals surface area contributed by atoms with Crippen LogP contribution in [-0.2, 0) is 0 Å². The largest absolute Gasteiger partial charge is 0.490 e. The molecule has 2 aromatic heterocycles. The molecule has 2 atom stereocenters. The molecule has 1 saturated heterocycles. The Kier molecular flexibility index (Phi) is 6.25. The quantitative estimate of drug-likeness (QED) is 0.230. The molecule has 1 aliphatic heterocycles. The molecule has 2 aliphatic rings. The molecule has 2 fully saturated rings. The summed E-state index contributed by atoms with van der Waals surface area (Å²) in [7, 11) is 0. The fourth-order valence-corrected chi connectivity index (χ4v) is 6.36. The van der Waals surface area contributed by atoms with E-state index in [2.05, 4.69) is 106 Å². The van der Waals surface area contributed by atoms with Crippen molar-refractivity contribution in [2.24, 2.45) is 0 Å². The monoisotopic (exact) mass is 530 g/mol. The number of nitrogens with one attached hydrogen (secondary N) is 1. The van der Waals surface area contributed by atoms with Gasteiger partial charge in [0.05, 0.1) is 17.8 Å². The third-order valence-electron chi connectivity index (χ3n) is 7.91. The van der Waals surface area contributed by atoms with E-state index in [4.69, 9.17) is 21.9 Å². The highest BCUT2D eigenvalue weighted by Crippen LogP contribution is 2.42. The number of anilines is 1. The topological polar surface area (TPSA) is 42.3 Å². The van der Waals surface area contributed by atoms with E-state index in [-0.39, 0.29) is 12.1 Å². The Hall–Kier alpha value is -4.16. The molecule has 1 aliphatic carbocycles. The molecule has 3 aromatic carbocycles. The molecule has 5 aromatic rings. The Morgan fingerprint density at radius 3 is 2.36 bits per heavy atom. The summed E-state index contributed by atoms with van der Waals surface area (Å²) in [4.78, 5) is 6.94. The second-order valence-electron chi connectivity index (χ2n) is 10.3. The van der Waals surface area contributed by atoms with Crippen molar-refractivity contribution in [3.05, 3.63) is 121 Å². The first-order valence-electron chi connectivity index (χ1n) is 13.7. The summed E-state index contributed by atoms with van der Waals surface area (Å²) < 4.78 is 8.51. The first-order chi connectivity index (χ1) is 19.2. The van der Waals surface area contributed by atoms with Crippen LogP contribution < -0.4 is 15.0 Å². The fraction of sp³-hybridized carbons (Fsp3) is 0.212. The summed E-state index contributed by atoms with van der Waals surface area (Å²) in [6, 6.07) is 33.6. The first-order valence-corrected chi connectivity index (χ1v) is 14.1. The Bertz CT molecular complexity index is 1610. The molecule has 7 rings (SSSR count). The lowest BCUT2D eigenvalue weighted by molar-refractivity contribution is 0.210. The number of aromatic nitrogens is 2. The number of hydrogen-bond acceptors (Lipinski definition) is 3. The summed E-state index contributed by atoms with van der Waals surface area (Å²) in [5.41, 5.74) is 4.24. The minimum Gasteiger partial charge on any atom is -0.490 e. The standard InChI is InChI=1S/C33H30N4OS/c39-33-35-31(29-12-5-6-20-34-29)32(37(33)25-16-18-28(19-17-25)38-27-10-3-4-11-27)30-13-7-21-36(30)26-15-14-23-8-1-2-9-24(23)22-26/h1-2,5-9,12-22,27,31-32H,3-4,10-11H2,(H,35,39)/t31-,32-/m0/s1. The van der Waals surface area contributed by atoms with Gasteiger partial charge in [-0.15, -0.1) is 0 Å². The van der Waals surface area contributed by atoms with Crippen LogP contribution in [0.25, 0.3) is 16.5 Å². The second-order valence-corrected chi connectivity index (χ2v) is 10.7. The van der Waals surface area contributed by atoms with Crippen LogP contribution in [0.3, 0.4) is 0 Å². The van der Waals surface area contributed by atoms with Crippen molar-refractivity contribution in [1.82, 2.24) is 14.9 Å². The highest BCUT2D eigenvalue weighted by Gasteiger charge is 2.42. The van der Waals surface area contributed by atoms with Gasteiger partial charge in [0.25, 0.3) is 0 Å². The summed E-state index contributed by atoms with van der Waals surface area (Å²) >= 11 is 5.97. The number of hydrogen-bond donors (Lipinski definition) is 1. The zero-order valence-electron chi connectivity index (χ0n) is 21.6. The van der Waals surface area contributed by atoms with E-state index in [1.165, 1.54) is 23.6 Å². The third kappa shape index (κ3) is 4.55. The lowest BCUT2D eigenvalue weighted by Gasteiger charge is -2.29. The van der Waals surface area contributed by atoms with Crippen molar-refractivity contribution in [2.45, 2.75) is 43.9 Å². The van der Waals surface area contributed by atoms with Crippen molar-refractivity contribution in [2.75, 3.05) is 4.90 Å². The number of pyridine rings is 1. The smallest absolute Gasteiger partial charge is 0.174 e. The molecule has 39 heavy (non-hydrogen) atoms. The third-order valence-corrected chi connectivity index (χ3v) is 8.23. The summed E-state index contributed by atoms with van der Waals surface area (Å²) in [6.07, 6.45) is 9.10. The van der Waals surface area contributed by atoms with Gasteiger partial charge < -0.3 is 19.5 Å². The van der Waals surface area contributed by atoms with Gasteiger partial charge >= 0.3 is 0 Å². The van der Waals surface area contributed by atoms with Crippen LogP contribution in [0.2, 0.25) is 0 Å². The predicted molar refractivity (Wildman–Crippen MR) is 161 cm³/mol. The average Bonchev–Trinajstić information content (AvgIpc) is 3.74. The predicted octanol–water partition coefficient (Wildman–Crippen LogP) is 7.52. The molecule has 1 saturated carbocycles. The summed E-state index contributed by atoms with van der Waals surface area (Å²) in [5, 5.41) is 6.72. The summed E-state index contributed by atoms with van der Waals surface area (Å²) in [6.45, 7) is 0. The van der Waals surface area contributed by atoms with E-state index in [0.717, 1.165) is 41.4 Å². The molecule has 5 nitrogen and oxygen atoms in total. The minimum atomic E-state index is -0.109. The maximum atomic E-state index is 6.24. The van der Waals surface area contributed by atoms with Gasteiger partial charge in [-0.2, -0.15) is 0 Å². The number of nitrogens with zero attached hydrogens (tertiary/aromatic N) is 3. The molecule has 1 N–H and O–H groups in total. The number of thiocarbonyl (C=S) groups is 1. The SMILES string of the molecule is S=C1N[C@@H](c2ccccn2)[C@H](c2cccn2-c2ccc3ccccc3c2)N1c1ccc(OC2CCCC2)cc1. The molecule has 0 spiro atoms. The van der Waals surface area contributed by atoms with Gasteiger partial charge in [0, 0.05) is 29.5 Å². The van der Waals surface area contributed by atoms with Gasteiger partial charge in [0.2, 0.25) is 0 Å². The molecule has 0 bridgehead atoms. The Morgan fingerprint density at radius 1 is 0.795 bits per heavy atom. The molecule has 194 valence electrons. The highest BCUT2D eigenvalue weighted by molar-refractivity contribution is 7.80. The van der Waals surface area contributed by atoms with Crippen molar-refractivity contribution in [3.8, 4) is 11.4 Å². The van der Waals surface area contributed by atoms with Crippen LogP contribution in [0.4, 0.5) is 5.69 Å². The van der Waals surface area contributed by atoms with Crippen molar-refractivity contribution < 1.29 is 4.74 Å².